The van der Waals surface area contributed by atoms with Crippen molar-refractivity contribution in [1.29, 1.82) is 0 Å². The monoisotopic (exact) mass is 357 g/mol. The summed E-state index contributed by atoms with van der Waals surface area (Å²) in [5, 5.41) is 22.1. The minimum atomic E-state index is 0.335. The molecule has 1 heterocycles. The zero-order valence-corrected chi connectivity index (χ0v) is 16.5. The molecule has 0 amide bonds. The molecule has 1 atom stereocenters. The minimum absolute atomic E-state index is 0.335. The second kappa shape index (κ2) is 9.91. The summed E-state index contributed by atoms with van der Waals surface area (Å²) in [5.41, 5.74) is 3.00. The van der Waals surface area contributed by atoms with Gasteiger partial charge in [-0.25, -0.2) is 0 Å². The van der Waals surface area contributed by atoms with Crippen molar-refractivity contribution in [3.8, 4) is 0 Å². The Kier molecular flexibility index (Phi) is 7.59. The van der Waals surface area contributed by atoms with Gasteiger partial charge in [-0.2, -0.15) is 0 Å². The van der Waals surface area contributed by atoms with Crippen LogP contribution in [-0.2, 0) is 0 Å². The maximum atomic E-state index is 4.16. The average Bonchev–Trinajstić information content (AvgIpc) is 2.62. The van der Waals surface area contributed by atoms with Crippen LogP contribution in [0.1, 0.15) is 34.6 Å². The maximum Gasteiger partial charge on any atom is 0.179 e. The van der Waals surface area contributed by atoms with Crippen LogP contribution in [0, 0.1) is 0 Å². The second-order valence-electron chi connectivity index (χ2n) is 6.65. The molecular formula is C19H31N7. The van der Waals surface area contributed by atoms with Gasteiger partial charge in [0.15, 0.2) is 5.82 Å². The summed E-state index contributed by atoms with van der Waals surface area (Å²) in [6, 6.07) is 9.10. The average molecular weight is 358 g/mol. The van der Waals surface area contributed by atoms with E-state index in [9.17, 15) is 0 Å². The molecule has 0 radical (unpaired) electrons. The lowest BCUT2D eigenvalue weighted by molar-refractivity contribution is 0.504. The number of anilines is 4. The third-order valence-corrected chi connectivity index (χ3v) is 4.09. The molecule has 142 valence electrons. The molecule has 0 fully saturated rings. The fourth-order valence-electron chi connectivity index (χ4n) is 2.89. The number of hydrogen-bond donors (Lipinski definition) is 3. The first-order chi connectivity index (χ1) is 12.5. The Morgan fingerprint density at radius 2 is 1.88 bits per heavy atom. The van der Waals surface area contributed by atoms with Crippen LogP contribution in [0.25, 0.3) is 0 Å². The summed E-state index contributed by atoms with van der Waals surface area (Å²) in [6.07, 6.45) is 1.70. The van der Waals surface area contributed by atoms with Crippen LogP contribution in [0.2, 0.25) is 0 Å². The maximum absolute atomic E-state index is 4.16. The zero-order valence-electron chi connectivity index (χ0n) is 16.5. The van der Waals surface area contributed by atoms with E-state index in [1.54, 1.807) is 6.20 Å². The highest BCUT2D eigenvalue weighted by Gasteiger charge is 2.09. The largest absolute Gasteiger partial charge is 0.379 e. The summed E-state index contributed by atoms with van der Waals surface area (Å²) in [5.74, 6) is 0.674. The van der Waals surface area contributed by atoms with Crippen LogP contribution in [0.5, 0.6) is 0 Å². The standard InChI is InChI=1S/C19H31N7/c1-6-26(7-2)17-10-8-9-16(11-17)23-19-18(13-21-25-24-19)20-12-15(5)22-14(3)4/h8-11,13-15,22H,6-7,12H2,1-5H3,(H,20,25)(H,21,23,24). The number of nitrogens with one attached hydrogen (secondary N) is 3. The zero-order chi connectivity index (χ0) is 18.9. The van der Waals surface area contributed by atoms with E-state index >= 15 is 0 Å². The van der Waals surface area contributed by atoms with Crippen LogP contribution in [0.4, 0.5) is 22.9 Å². The molecule has 3 N–H and O–H groups in total. The number of benzene rings is 1. The highest BCUT2D eigenvalue weighted by molar-refractivity contribution is 5.71. The van der Waals surface area contributed by atoms with Crippen molar-refractivity contribution in [2.45, 2.75) is 46.7 Å². The van der Waals surface area contributed by atoms with E-state index in [0.29, 0.717) is 17.9 Å². The highest BCUT2D eigenvalue weighted by Crippen LogP contribution is 2.25. The Balaban J connectivity index is 2.09. The summed E-state index contributed by atoms with van der Waals surface area (Å²) >= 11 is 0. The third-order valence-electron chi connectivity index (χ3n) is 4.09. The molecule has 0 aliphatic rings. The van der Waals surface area contributed by atoms with Gasteiger partial charge in [-0.15, -0.1) is 10.2 Å². The van der Waals surface area contributed by atoms with E-state index in [1.165, 1.54) is 5.69 Å². The van der Waals surface area contributed by atoms with Crippen molar-refractivity contribution in [2.75, 3.05) is 35.2 Å². The van der Waals surface area contributed by atoms with Gasteiger partial charge < -0.3 is 20.9 Å². The highest BCUT2D eigenvalue weighted by atomic mass is 15.3. The van der Waals surface area contributed by atoms with E-state index in [4.69, 9.17) is 0 Å². The molecule has 2 rings (SSSR count). The van der Waals surface area contributed by atoms with Crippen molar-refractivity contribution >= 4 is 22.9 Å². The first-order valence-corrected chi connectivity index (χ1v) is 9.33. The molecule has 0 saturated carbocycles. The van der Waals surface area contributed by atoms with Crippen LogP contribution in [-0.4, -0.2) is 47.1 Å². The fourth-order valence-corrected chi connectivity index (χ4v) is 2.89. The first-order valence-electron chi connectivity index (χ1n) is 9.33. The molecule has 0 spiro atoms. The van der Waals surface area contributed by atoms with E-state index in [-0.39, 0.29) is 0 Å². The Morgan fingerprint density at radius 3 is 2.58 bits per heavy atom. The number of rotatable bonds is 10. The molecular weight excluding hydrogens is 326 g/mol. The Morgan fingerprint density at radius 1 is 1.12 bits per heavy atom. The molecule has 1 aromatic carbocycles. The van der Waals surface area contributed by atoms with Crippen molar-refractivity contribution in [3.05, 3.63) is 30.5 Å². The third kappa shape index (κ3) is 5.84. The minimum Gasteiger partial charge on any atom is -0.379 e. The molecule has 1 aromatic heterocycles. The van der Waals surface area contributed by atoms with Crippen molar-refractivity contribution in [1.82, 2.24) is 20.7 Å². The van der Waals surface area contributed by atoms with Gasteiger partial charge in [-0.1, -0.05) is 19.9 Å². The number of aromatic nitrogens is 3. The molecule has 1 unspecified atom stereocenters. The van der Waals surface area contributed by atoms with Crippen LogP contribution in [0.15, 0.2) is 30.5 Å². The first kappa shape index (κ1) is 19.9. The van der Waals surface area contributed by atoms with Gasteiger partial charge in [0, 0.05) is 43.1 Å². The second-order valence-corrected chi connectivity index (χ2v) is 6.65. The normalized spacial score (nSPS) is 12.1. The summed E-state index contributed by atoms with van der Waals surface area (Å²) in [7, 11) is 0. The van der Waals surface area contributed by atoms with Crippen LogP contribution < -0.4 is 20.9 Å². The lowest BCUT2D eigenvalue weighted by atomic mass is 10.2. The van der Waals surface area contributed by atoms with E-state index in [2.05, 4.69) is 83.0 Å². The predicted octanol–water partition coefficient (Wildman–Crippen LogP) is 3.26. The topological polar surface area (TPSA) is 78.0 Å². The van der Waals surface area contributed by atoms with Gasteiger partial charge in [0.25, 0.3) is 0 Å². The molecule has 2 aromatic rings. The summed E-state index contributed by atoms with van der Waals surface area (Å²) < 4.78 is 0. The molecule has 0 aliphatic carbocycles. The molecule has 7 heteroatoms. The molecule has 26 heavy (non-hydrogen) atoms. The van der Waals surface area contributed by atoms with Gasteiger partial charge in [-0.3, -0.25) is 0 Å². The van der Waals surface area contributed by atoms with Gasteiger partial charge >= 0.3 is 0 Å². The predicted molar refractivity (Wildman–Crippen MR) is 109 cm³/mol. The van der Waals surface area contributed by atoms with Crippen molar-refractivity contribution in [2.24, 2.45) is 0 Å². The smallest absolute Gasteiger partial charge is 0.179 e. The fraction of sp³-hybridized carbons (Fsp3) is 0.526. The van der Waals surface area contributed by atoms with Gasteiger partial charge in [0.1, 0.15) is 0 Å². The quantitative estimate of drug-likeness (QED) is 0.602. The SMILES string of the molecule is CCN(CC)c1cccc(Nc2nnncc2NCC(C)NC(C)C)c1. The lowest BCUT2D eigenvalue weighted by Gasteiger charge is -2.22. The number of nitrogens with zero attached hydrogens (tertiary/aromatic N) is 4. The summed E-state index contributed by atoms with van der Waals surface area (Å²) in [4.78, 5) is 2.31. The van der Waals surface area contributed by atoms with Gasteiger partial charge in [-0.05, 0) is 44.2 Å². The van der Waals surface area contributed by atoms with E-state index < -0.39 is 0 Å². The van der Waals surface area contributed by atoms with Crippen LogP contribution in [0.3, 0.4) is 0 Å². The number of hydrogen-bond acceptors (Lipinski definition) is 7. The molecule has 0 bridgehead atoms. The van der Waals surface area contributed by atoms with Crippen molar-refractivity contribution < 1.29 is 0 Å². The van der Waals surface area contributed by atoms with Gasteiger partial charge in [0.05, 0.1) is 11.9 Å². The van der Waals surface area contributed by atoms with E-state index in [0.717, 1.165) is 31.0 Å². The Labute approximate surface area is 156 Å². The lowest BCUT2D eigenvalue weighted by Crippen LogP contribution is -2.37. The van der Waals surface area contributed by atoms with Crippen molar-refractivity contribution in [3.63, 3.8) is 0 Å². The Bertz CT molecular complexity index is 670. The Hall–Kier alpha value is -2.41. The molecule has 0 aliphatic heterocycles. The molecule has 0 saturated heterocycles. The summed E-state index contributed by atoms with van der Waals surface area (Å²) in [6.45, 7) is 13.5. The van der Waals surface area contributed by atoms with Crippen LogP contribution >= 0.6 is 0 Å². The molecule has 7 nitrogen and oxygen atoms in total. The van der Waals surface area contributed by atoms with Gasteiger partial charge in [0.2, 0.25) is 0 Å². The van der Waals surface area contributed by atoms with E-state index in [1.807, 2.05) is 12.1 Å².